The molecule has 0 saturated carbocycles. The summed E-state index contributed by atoms with van der Waals surface area (Å²) in [7, 11) is -9.58. The molecule has 43 heavy (non-hydrogen) atoms. The lowest BCUT2D eigenvalue weighted by atomic mass is 9.52. The Morgan fingerprint density at radius 3 is 2.30 bits per heavy atom. The van der Waals surface area contributed by atoms with Gasteiger partial charge in [0.15, 0.2) is 11.4 Å². The first kappa shape index (κ1) is 29.1. The summed E-state index contributed by atoms with van der Waals surface area (Å²) in [4.78, 5) is 58.4. The first-order valence-electron chi connectivity index (χ1n) is 13.1. The SMILES string of the molecule is CC1=CC=C2C(C)(C)C(=O)C(OS(=O)(=O)c3ccccc3)=CC23Oc2c(cc(OP(=O)(O)O)c4c2C(=O)NC4=O)CC13C. The number of carbonyl (C=O) groups is 3. The molecule has 0 fully saturated rings. The van der Waals surface area contributed by atoms with Crippen LogP contribution in [0.4, 0.5) is 0 Å². The van der Waals surface area contributed by atoms with Crippen molar-refractivity contribution in [3.8, 4) is 11.5 Å². The molecule has 4 aliphatic rings. The predicted octanol–water partition coefficient (Wildman–Crippen LogP) is 3.51. The van der Waals surface area contributed by atoms with Crippen molar-refractivity contribution in [2.24, 2.45) is 10.8 Å². The number of phosphoric ester groups is 1. The summed E-state index contributed by atoms with van der Waals surface area (Å²) in [6.45, 7) is 6.86. The van der Waals surface area contributed by atoms with Gasteiger partial charge in [-0.3, -0.25) is 29.5 Å². The molecule has 2 aliphatic heterocycles. The zero-order valence-electron chi connectivity index (χ0n) is 23.3. The lowest BCUT2D eigenvalue weighted by Gasteiger charge is -2.57. The van der Waals surface area contributed by atoms with Crippen LogP contribution in [0.5, 0.6) is 11.5 Å². The summed E-state index contributed by atoms with van der Waals surface area (Å²) in [5.41, 5.74) is -3.17. The number of imide groups is 1. The molecule has 2 atom stereocenters. The number of allylic oxidation sites excluding steroid dienone is 3. The Bertz CT molecular complexity index is 1920. The quantitative estimate of drug-likeness (QED) is 0.251. The number of ketones is 1. The monoisotopic (exact) mass is 627 g/mol. The summed E-state index contributed by atoms with van der Waals surface area (Å²) in [5.74, 6) is -3.47. The number of amides is 2. The second-order valence-corrected chi connectivity index (χ2v) is 14.3. The summed E-state index contributed by atoms with van der Waals surface area (Å²) in [6, 6.07) is 8.57. The lowest BCUT2D eigenvalue weighted by Crippen LogP contribution is -2.62. The van der Waals surface area contributed by atoms with E-state index in [-0.39, 0.29) is 22.6 Å². The molecule has 224 valence electrons. The van der Waals surface area contributed by atoms with E-state index < -0.39 is 69.0 Å². The molecule has 2 aromatic rings. The molecule has 3 N–H and O–H groups in total. The average molecular weight is 628 g/mol. The van der Waals surface area contributed by atoms with E-state index in [1.807, 2.05) is 19.9 Å². The second kappa shape index (κ2) is 8.99. The number of ether oxygens (including phenoxy) is 1. The van der Waals surface area contributed by atoms with Gasteiger partial charge in [0.05, 0.1) is 16.5 Å². The van der Waals surface area contributed by atoms with Crippen molar-refractivity contribution < 1.29 is 50.6 Å². The van der Waals surface area contributed by atoms with Crippen molar-refractivity contribution in [3.05, 3.63) is 88.2 Å². The number of benzene rings is 2. The second-order valence-electron chi connectivity index (χ2n) is 11.6. The molecule has 1 spiro atoms. The highest BCUT2D eigenvalue weighted by atomic mass is 32.2. The van der Waals surface area contributed by atoms with E-state index in [4.69, 9.17) is 13.4 Å². The first-order valence-corrected chi connectivity index (χ1v) is 16.0. The maximum absolute atomic E-state index is 13.8. The van der Waals surface area contributed by atoms with Crippen LogP contribution in [-0.2, 0) is 30.1 Å². The maximum atomic E-state index is 13.8. The van der Waals surface area contributed by atoms with Gasteiger partial charge in [0.1, 0.15) is 16.4 Å². The average Bonchev–Trinajstić information content (AvgIpc) is 3.21. The largest absolute Gasteiger partial charge is 0.524 e. The van der Waals surface area contributed by atoms with Crippen molar-refractivity contribution in [2.45, 2.75) is 44.6 Å². The third-order valence-corrected chi connectivity index (χ3v) is 10.3. The van der Waals surface area contributed by atoms with Crippen LogP contribution >= 0.6 is 7.82 Å². The Morgan fingerprint density at radius 2 is 1.65 bits per heavy atom. The zero-order valence-corrected chi connectivity index (χ0v) is 25.0. The smallest absolute Gasteiger partial charge is 0.476 e. The van der Waals surface area contributed by atoms with Gasteiger partial charge in [-0.2, -0.15) is 8.42 Å². The number of nitrogens with one attached hydrogen (secondary N) is 1. The minimum Gasteiger partial charge on any atom is -0.476 e. The van der Waals surface area contributed by atoms with E-state index in [1.54, 1.807) is 26.0 Å². The normalized spacial score (nSPS) is 25.5. The summed E-state index contributed by atoms with van der Waals surface area (Å²) in [6.07, 6.45) is 4.92. The fourth-order valence-corrected chi connectivity index (χ4v) is 7.68. The number of phosphoric acid groups is 1. The van der Waals surface area contributed by atoms with Crippen molar-refractivity contribution >= 4 is 35.5 Å². The number of rotatable bonds is 5. The van der Waals surface area contributed by atoms with E-state index >= 15 is 0 Å². The Labute approximate surface area is 246 Å². The minimum atomic E-state index is -5.14. The molecule has 0 radical (unpaired) electrons. The summed E-state index contributed by atoms with van der Waals surface area (Å²) in [5, 5.41) is 2.11. The summed E-state index contributed by atoms with van der Waals surface area (Å²) < 4.78 is 55.3. The summed E-state index contributed by atoms with van der Waals surface area (Å²) >= 11 is 0. The predicted molar refractivity (Wildman–Crippen MR) is 150 cm³/mol. The molecule has 0 aromatic heterocycles. The molecule has 2 aliphatic carbocycles. The van der Waals surface area contributed by atoms with Gasteiger partial charge in [0, 0.05) is 11.5 Å². The van der Waals surface area contributed by atoms with Gasteiger partial charge in [0.25, 0.3) is 11.8 Å². The highest BCUT2D eigenvalue weighted by Gasteiger charge is 2.64. The molecule has 2 aromatic carbocycles. The number of hydrogen-bond acceptors (Lipinski definition) is 9. The molecule has 14 heteroatoms. The van der Waals surface area contributed by atoms with Crippen LogP contribution in [0.3, 0.4) is 0 Å². The van der Waals surface area contributed by atoms with E-state index in [0.29, 0.717) is 11.1 Å². The molecule has 6 rings (SSSR count). The van der Waals surface area contributed by atoms with E-state index in [9.17, 15) is 37.2 Å². The minimum absolute atomic E-state index is 0.0684. The van der Waals surface area contributed by atoms with E-state index in [0.717, 1.165) is 5.57 Å². The number of fused-ring (bicyclic) bond motifs is 3. The number of Topliss-reactive ketones (excluding diaryl/α,β-unsaturated/α-hetero) is 1. The highest BCUT2D eigenvalue weighted by molar-refractivity contribution is 7.86. The molecule has 12 nitrogen and oxygen atoms in total. The van der Waals surface area contributed by atoms with E-state index in [1.165, 1.54) is 36.4 Å². The Morgan fingerprint density at radius 1 is 1.00 bits per heavy atom. The fourth-order valence-electron chi connectivity index (χ4n) is 6.33. The van der Waals surface area contributed by atoms with Gasteiger partial charge in [-0.15, -0.1) is 0 Å². The number of hydrogen-bond donors (Lipinski definition) is 3. The van der Waals surface area contributed by atoms with Crippen molar-refractivity contribution in [1.82, 2.24) is 5.32 Å². The van der Waals surface area contributed by atoms with Crippen LogP contribution < -0.4 is 14.6 Å². The maximum Gasteiger partial charge on any atom is 0.524 e. The van der Waals surface area contributed by atoms with Crippen LogP contribution in [0.2, 0.25) is 0 Å². The Balaban J connectivity index is 1.61. The van der Waals surface area contributed by atoms with Gasteiger partial charge in [-0.25, -0.2) is 4.57 Å². The fraction of sp³-hybridized carbons (Fsp3) is 0.276. The van der Waals surface area contributed by atoms with Crippen LogP contribution in [-0.4, -0.2) is 41.4 Å². The molecule has 2 unspecified atom stereocenters. The third kappa shape index (κ3) is 4.14. The third-order valence-electron chi connectivity index (χ3n) is 8.65. The van der Waals surface area contributed by atoms with Gasteiger partial charge in [-0.05, 0) is 56.5 Å². The van der Waals surface area contributed by atoms with Crippen molar-refractivity contribution in [2.75, 3.05) is 0 Å². The van der Waals surface area contributed by atoms with E-state index in [2.05, 4.69) is 5.32 Å². The van der Waals surface area contributed by atoms with Crippen LogP contribution in [0.1, 0.15) is 54.0 Å². The Hall–Kier alpha value is -4.03. The molecular formula is C29H26NO11PS. The van der Waals surface area contributed by atoms with Crippen LogP contribution in [0, 0.1) is 10.8 Å². The lowest BCUT2D eigenvalue weighted by molar-refractivity contribution is -0.127. The Kier molecular flexibility index (Phi) is 6.08. The number of carbonyl (C=O) groups excluding carboxylic acids is 3. The molecular weight excluding hydrogens is 601 g/mol. The highest BCUT2D eigenvalue weighted by Crippen LogP contribution is 2.62. The molecule has 0 saturated heterocycles. The van der Waals surface area contributed by atoms with Gasteiger partial charge >= 0.3 is 17.9 Å². The van der Waals surface area contributed by atoms with Crippen molar-refractivity contribution in [1.29, 1.82) is 0 Å². The molecule has 0 bridgehead atoms. The van der Waals surface area contributed by atoms with Gasteiger partial charge in [0.2, 0.25) is 5.78 Å². The molecule has 2 heterocycles. The standard InChI is InChI=1S/C29H26NO11PS/c1-15-10-11-20-27(2,3)24(31)19(41-43(37,38)17-8-6-5-7-9-17)14-29(20)28(15,4)13-16-12-18(40-42(34,35)36)21-22(23(16)39-29)26(33)30-25(21)32/h5-12,14H,13H2,1-4H3,(H,30,32,33)(H2,34,35,36). The molecule has 2 amide bonds. The van der Waals surface area contributed by atoms with Crippen molar-refractivity contribution in [3.63, 3.8) is 0 Å². The first-order chi connectivity index (χ1) is 19.9. The van der Waals surface area contributed by atoms with Crippen LogP contribution in [0.15, 0.2) is 76.4 Å². The van der Waals surface area contributed by atoms with Crippen LogP contribution in [0.25, 0.3) is 0 Å². The zero-order chi connectivity index (χ0) is 31.3. The topological polar surface area (TPSA) is 183 Å². The van der Waals surface area contributed by atoms with Gasteiger partial charge < -0.3 is 13.4 Å². The van der Waals surface area contributed by atoms with Gasteiger partial charge in [-0.1, -0.05) is 42.8 Å².